The number of nitrogens with one attached hydrogen (secondary N) is 2. The summed E-state index contributed by atoms with van der Waals surface area (Å²) in [5.41, 5.74) is -0.203. The van der Waals surface area contributed by atoms with Gasteiger partial charge in [-0.2, -0.15) is 0 Å². The van der Waals surface area contributed by atoms with E-state index in [9.17, 15) is 19.5 Å². The fraction of sp³-hybridized carbons (Fsp3) is 0.933. The van der Waals surface area contributed by atoms with Crippen molar-refractivity contribution in [3.8, 4) is 0 Å². The molecule has 0 heterocycles. The van der Waals surface area contributed by atoms with Gasteiger partial charge in [-0.15, -0.1) is 0 Å². The zero-order chi connectivity index (χ0) is 46.7. The van der Waals surface area contributed by atoms with Crippen LogP contribution < -0.4 is 10.6 Å². The van der Waals surface area contributed by atoms with Crippen LogP contribution in [0.4, 0.5) is 0 Å². The second-order valence-electron chi connectivity index (χ2n) is 17.3. The van der Waals surface area contributed by atoms with E-state index >= 15 is 0 Å². The quantitative estimate of drug-likeness (QED) is 0.0743. The van der Waals surface area contributed by atoms with Crippen molar-refractivity contribution in [3.05, 3.63) is 0 Å². The zero-order valence-corrected chi connectivity index (χ0v) is 40.1. The largest absolute Gasteiger partial charge is 0.481 e. The van der Waals surface area contributed by atoms with E-state index in [1.165, 1.54) is 0 Å². The van der Waals surface area contributed by atoms with Gasteiger partial charge in [0.15, 0.2) is 0 Å². The number of amides is 2. The van der Waals surface area contributed by atoms with E-state index in [2.05, 4.69) is 31.4 Å². The fourth-order valence-corrected chi connectivity index (χ4v) is 5.86. The van der Waals surface area contributed by atoms with Crippen molar-refractivity contribution in [2.45, 2.75) is 80.1 Å². The number of methoxy groups -OCH3 is 1. The Morgan fingerprint density at radius 1 is 0.444 bits per heavy atom. The normalized spacial score (nSPS) is 13.0. The van der Waals surface area contributed by atoms with Gasteiger partial charge in [0.05, 0.1) is 158 Å². The van der Waals surface area contributed by atoms with E-state index < -0.39 is 11.9 Å². The minimum absolute atomic E-state index is 0.0512. The highest BCUT2D eigenvalue weighted by atomic mass is 16.6. The molecule has 0 unspecified atom stereocenters. The number of carboxylic acid groups (broad SMARTS) is 1. The van der Waals surface area contributed by atoms with Crippen molar-refractivity contribution < 1.29 is 76.3 Å². The number of ether oxygens (including phenoxy) is 12. The molecule has 63 heavy (non-hydrogen) atoms. The maximum absolute atomic E-state index is 13.1. The molecule has 0 aromatic rings. The number of hydrogen-bond donors (Lipinski definition) is 3. The summed E-state index contributed by atoms with van der Waals surface area (Å²) in [5.74, 6) is -1.92. The molecule has 2 atom stereocenters. The predicted octanol–water partition coefficient (Wildman–Crippen LogP) is 3.80. The fourth-order valence-electron chi connectivity index (χ4n) is 5.86. The molecule has 0 spiro atoms. The first-order valence-corrected chi connectivity index (χ1v) is 22.9. The summed E-state index contributed by atoms with van der Waals surface area (Å²) in [4.78, 5) is 37.0. The molecule has 374 valence electrons. The first-order valence-electron chi connectivity index (χ1n) is 22.9. The lowest BCUT2D eigenvalue weighted by Gasteiger charge is -2.27. The summed E-state index contributed by atoms with van der Waals surface area (Å²) in [7, 11) is 1.64. The Labute approximate surface area is 379 Å². The number of carbonyl (C=O) groups is 3. The van der Waals surface area contributed by atoms with E-state index in [1.807, 2.05) is 20.8 Å². The molecule has 0 aromatic carbocycles. The van der Waals surface area contributed by atoms with Crippen LogP contribution in [0.5, 0.6) is 0 Å². The standard InChI is InChI=1S/C45H88N2O16/c1-44(2,3)36-39(42(49)47-38-40(43(50)51)37-45(4,5)6)10-8-9-12-46-41(48)11-13-53-16-17-55-20-21-57-24-25-59-28-29-61-32-33-63-35-34-62-31-30-60-27-26-58-23-22-56-19-18-54-15-14-52-7/h39-40H,8-38H2,1-7H3,(H,46,48)(H,47,49)(H,50,51)/t39-,40+/m1/s1. The Morgan fingerprint density at radius 2 is 0.762 bits per heavy atom. The summed E-state index contributed by atoms with van der Waals surface area (Å²) < 4.78 is 65.1. The summed E-state index contributed by atoms with van der Waals surface area (Å²) in [6.45, 7) is 24.0. The van der Waals surface area contributed by atoms with Gasteiger partial charge in [-0.3, -0.25) is 14.4 Å². The number of rotatable bonds is 47. The molecule has 0 aliphatic heterocycles. The van der Waals surface area contributed by atoms with Gasteiger partial charge in [0.2, 0.25) is 11.8 Å². The van der Waals surface area contributed by atoms with E-state index in [-0.39, 0.29) is 41.5 Å². The second-order valence-corrected chi connectivity index (χ2v) is 17.3. The molecule has 18 nitrogen and oxygen atoms in total. The van der Waals surface area contributed by atoms with Crippen molar-refractivity contribution in [3.63, 3.8) is 0 Å². The van der Waals surface area contributed by atoms with Gasteiger partial charge >= 0.3 is 5.97 Å². The molecule has 0 aliphatic carbocycles. The molecule has 3 N–H and O–H groups in total. The van der Waals surface area contributed by atoms with Gasteiger partial charge in [-0.05, 0) is 36.5 Å². The molecule has 18 heteroatoms. The molecule has 0 saturated heterocycles. The van der Waals surface area contributed by atoms with Crippen LogP contribution in [0.3, 0.4) is 0 Å². The third-order valence-electron chi connectivity index (χ3n) is 8.89. The van der Waals surface area contributed by atoms with Crippen LogP contribution in [0.2, 0.25) is 0 Å². The Bertz CT molecular complexity index is 1060. The van der Waals surface area contributed by atoms with E-state index in [0.717, 1.165) is 12.8 Å². The predicted molar refractivity (Wildman–Crippen MR) is 238 cm³/mol. The van der Waals surface area contributed by atoms with Crippen molar-refractivity contribution in [1.82, 2.24) is 10.6 Å². The topological polar surface area (TPSA) is 206 Å². The van der Waals surface area contributed by atoms with Gasteiger partial charge in [0.25, 0.3) is 0 Å². The third-order valence-corrected chi connectivity index (χ3v) is 8.89. The van der Waals surface area contributed by atoms with E-state index in [0.29, 0.717) is 178 Å². The average molecular weight is 913 g/mol. The van der Waals surface area contributed by atoms with E-state index in [1.54, 1.807) is 7.11 Å². The summed E-state index contributed by atoms with van der Waals surface area (Å²) in [5, 5.41) is 15.4. The minimum atomic E-state index is -0.892. The number of aliphatic carboxylic acids is 1. The Balaban J connectivity index is 3.53. The number of unbranched alkanes of at least 4 members (excludes halogenated alkanes) is 1. The lowest BCUT2D eigenvalue weighted by molar-refractivity contribution is -0.143. The number of carboxylic acids is 1. The molecule has 0 aromatic heterocycles. The van der Waals surface area contributed by atoms with Crippen LogP contribution in [0, 0.1) is 22.7 Å². The Hall–Kier alpha value is -2.07. The first kappa shape index (κ1) is 60.9. The SMILES string of the molecule is COCCOCCOCCOCCOCCOCCOCCOCCOCCOCCOCCOCCC(=O)NCCCC[C@H](CC(C)(C)C)C(=O)NC[C@H](CC(C)(C)C)C(=O)O. The van der Waals surface area contributed by atoms with Crippen molar-refractivity contribution >= 4 is 17.8 Å². The number of carbonyl (C=O) groups excluding carboxylic acids is 2. The lowest BCUT2D eigenvalue weighted by atomic mass is 9.81. The van der Waals surface area contributed by atoms with Crippen LogP contribution in [-0.2, 0) is 71.2 Å². The van der Waals surface area contributed by atoms with Gasteiger partial charge in [-0.1, -0.05) is 48.0 Å². The van der Waals surface area contributed by atoms with Crippen molar-refractivity contribution in [2.75, 3.05) is 172 Å². The van der Waals surface area contributed by atoms with Crippen LogP contribution in [0.25, 0.3) is 0 Å². The van der Waals surface area contributed by atoms with Crippen LogP contribution in [0.15, 0.2) is 0 Å². The first-order chi connectivity index (χ1) is 30.2. The molecule has 0 fully saturated rings. The molecular formula is C45H88N2O16. The maximum Gasteiger partial charge on any atom is 0.308 e. The Kier molecular flexibility index (Phi) is 41.2. The third kappa shape index (κ3) is 46.3. The lowest BCUT2D eigenvalue weighted by Crippen LogP contribution is -2.39. The summed E-state index contributed by atoms with van der Waals surface area (Å²) >= 11 is 0. The highest BCUT2D eigenvalue weighted by Crippen LogP contribution is 2.28. The second kappa shape index (κ2) is 42.6. The minimum Gasteiger partial charge on any atom is -0.481 e. The van der Waals surface area contributed by atoms with Gasteiger partial charge < -0.3 is 72.6 Å². The molecule has 0 saturated carbocycles. The number of hydrogen-bond acceptors (Lipinski definition) is 15. The highest BCUT2D eigenvalue weighted by molar-refractivity contribution is 5.79. The van der Waals surface area contributed by atoms with Gasteiger partial charge in [-0.25, -0.2) is 0 Å². The monoisotopic (exact) mass is 913 g/mol. The highest BCUT2D eigenvalue weighted by Gasteiger charge is 2.28. The van der Waals surface area contributed by atoms with Gasteiger partial charge in [0.1, 0.15) is 0 Å². The van der Waals surface area contributed by atoms with Gasteiger partial charge in [0, 0.05) is 32.5 Å². The smallest absolute Gasteiger partial charge is 0.308 e. The molecule has 0 bridgehead atoms. The molecular weight excluding hydrogens is 824 g/mol. The van der Waals surface area contributed by atoms with Crippen LogP contribution in [-0.4, -0.2) is 195 Å². The maximum atomic E-state index is 13.1. The zero-order valence-electron chi connectivity index (χ0n) is 40.1. The molecule has 0 rings (SSSR count). The molecule has 2 amide bonds. The molecule has 0 aliphatic rings. The van der Waals surface area contributed by atoms with Crippen LogP contribution in [0.1, 0.15) is 80.1 Å². The summed E-state index contributed by atoms with van der Waals surface area (Å²) in [6.07, 6.45) is 3.63. The van der Waals surface area contributed by atoms with Crippen molar-refractivity contribution in [1.29, 1.82) is 0 Å². The van der Waals surface area contributed by atoms with E-state index in [4.69, 9.17) is 56.8 Å². The Morgan fingerprint density at radius 3 is 1.08 bits per heavy atom. The van der Waals surface area contributed by atoms with Crippen LogP contribution >= 0.6 is 0 Å². The van der Waals surface area contributed by atoms with Crippen molar-refractivity contribution in [2.24, 2.45) is 22.7 Å². The molecule has 0 radical (unpaired) electrons. The summed E-state index contributed by atoms with van der Waals surface area (Å²) in [6, 6.07) is 0. The average Bonchev–Trinajstić information content (AvgIpc) is 3.22.